The number of unbranched alkanes of at least 4 members (excludes halogenated alkanes) is 4. The summed E-state index contributed by atoms with van der Waals surface area (Å²) < 4.78 is 0. The molecule has 0 aliphatic heterocycles. The van der Waals surface area contributed by atoms with Crippen LogP contribution in [0.1, 0.15) is 68.9 Å². The van der Waals surface area contributed by atoms with Crippen molar-refractivity contribution in [3.63, 3.8) is 0 Å². The topological polar surface area (TPSA) is 130 Å². The quantitative estimate of drug-likeness (QED) is 0.0484. The second kappa shape index (κ2) is 13.8. The third-order valence-electron chi connectivity index (χ3n) is 9.18. The van der Waals surface area contributed by atoms with Gasteiger partial charge in [-0.15, -0.1) is 0 Å². The summed E-state index contributed by atoms with van der Waals surface area (Å²) in [5.41, 5.74) is 14.9. The molecule has 0 radical (unpaired) electrons. The molecule has 5 rings (SSSR count). The number of allylic oxidation sites excluding steroid dienone is 2. The van der Waals surface area contributed by atoms with Gasteiger partial charge >= 0.3 is 5.97 Å². The van der Waals surface area contributed by atoms with E-state index in [9.17, 15) is 9.90 Å². The van der Waals surface area contributed by atoms with Gasteiger partial charge in [0.1, 0.15) is 5.82 Å². The Hall–Kier alpha value is -4.00. The average molecular weight is 568 g/mol. The van der Waals surface area contributed by atoms with Crippen molar-refractivity contribution in [3.05, 3.63) is 89.7 Å². The SMILES string of the molecule is CCCCCCC[C@H]1C=C[C@@H]2Cc3cc4ccccc4cc3[C@H]1[C@H]2C[C@@H](Nc1ccc[nH]1)/C(=C/C(=O)O)CN=C(N)N. The predicted molar refractivity (Wildman–Crippen MR) is 173 cm³/mol. The number of benzene rings is 2. The summed E-state index contributed by atoms with van der Waals surface area (Å²) in [6.45, 7) is 2.39. The van der Waals surface area contributed by atoms with Gasteiger partial charge in [-0.2, -0.15) is 0 Å². The number of anilines is 1. The molecule has 1 aromatic heterocycles. The minimum Gasteiger partial charge on any atom is -0.478 e. The number of aliphatic imine (C=N–C) groups is 1. The van der Waals surface area contributed by atoms with Crippen LogP contribution in [-0.2, 0) is 11.2 Å². The van der Waals surface area contributed by atoms with Crippen LogP contribution in [0.2, 0.25) is 0 Å². The number of nitrogens with two attached hydrogens (primary N) is 2. The van der Waals surface area contributed by atoms with Crippen molar-refractivity contribution >= 4 is 28.5 Å². The maximum atomic E-state index is 11.9. The number of carboxylic acid groups (broad SMARTS) is 1. The average Bonchev–Trinajstić information content (AvgIpc) is 3.48. The molecule has 0 unspecified atom stereocenters. The second-order valence-corrected chi connectivity index (χ2v) is 12.0. The zero-order chi connectivity index (χ0) is 29.5. The van der Waals surface area contributed by atoms with Crippen LogP contribution >= 0.6 is 0 Å². The summed E-state index contributed by atoms with van der Waals surface area (Å²) in [5, 5.41) is 16.0. The van der Waals surface area contributed by atoms with E-state index in [-0.39, 0.29) is 18.5 Å². The van der Waals surface area contributed by atoms with Crippen molar-refractivity contribution in [1.82, 2.24) is 4.98 Å². The Labute approximate surface area is 249 Å². The van der Waals surface area contributed by atoms with Crippen LogP contribution in [0.3, 0.4) is 0 Å². The van der Waals surface area contributed by atoms with Gasteiger partial charge in [0.15, 0.2) is 5.96 Å². The van der Waals surface area contributed by atoms with Crippen molar-refractivity contribution < 1.29 is 9.90 Å². The van der Waals surface area contributed by atoms with Gasteiger partial charge in [0.2, 0.25) is 0 Å². The van der Waals surface area contributed by atoms with E-state index in [1.54, 1.807) is 0 Å². The Morgan fingerprint density at radius 2 is 1.88 bits per heavy atom. The van der Waals surface area contributed by atoms with E-state index in [1.165, 1.54) is 66.5 Å². The Morgan fingerprint density at radius 3 is 2.60 bits per heavy atom. The number of aliphatic carboxylic acids is 1. The highest BCUT2D eigenvalue weighted by molar-refractivity contribution is 5.84. The summed E-state index contributed by atoms with van der Waals surface area (Å²) in [6.07, 6.45) is 17.3. The number of nitrogens with one attached hydrogen (secondary N) is 2. The molecule has 1 heterocycles. The van der Waals surface area contributed by atoms with Crippen LogP contribution in [0.25, 0.3) is 10.8 Å². The fraction of sp³-hybridized carbons (Fsp3) is 0.429. The molecular formula is C35H45N5O2. The number of H-pyrrole nitrogens is 1. The van der Waals surface area contributed by atoms with E-state index >= 15 is 0 Å². The fourth-order valence-electron chi connectivity index (χ4n) is 7.22. The summed E-state index contributed by atoms with van der Waals surface area (Å²) in [7, 11) is 0. The predicted octanol–water partition coefficient (Wildman–Crippen LogP) is 6.74. The smallest absolute Gasteiger partial charge is 0.328 e. The summed E-state index contributed by atoms with van der Waals surface area (Å²) >= 11 is 0. The first-order chi connectivity index (χ1) is 20.4. The van der Waals surface area contributed by atoms with Gasteiger partial charge in [0.05, 0.1) is 12.6 Å². The van der Waals surface area contributed by atoms with Crippen LogP contribution in [0.15, 0.2) is 83.5 Å². The molecule has 222 valence electrons. The Balaban J connectivity index is 1.52. The fourth-order valence-corrected chi connectivity index (χ4v) is 7.22. The van der Waals surface area contributed by atoms with Gasteiger partial charge in [-0.05, 0) is 82.5 Å². The van der Waals surface area contributed by atoms with Crippen molar-refractivity contribution in [3.8, 4) is 0 Å². The number of fused-ring (bicyclic) bond motifs is 5. The number of aromatic nitrogens is 1. The third-order valence-corrected chi connectivity index (χ3v) is 9.18. The highest BCUT2D eigenvalue weighted by Crippen LogP contribution is 2.52. The highest BCUT2D eigenvalue weighted by Gasteiger charge is 2.43. The Morgan fingerprint density at radius 1 is 1.10 bits per heavy atom. The molecule has 0 saturated heterocycles. The largest absolute Gasteiger partial charge is 0.478 e. The number of aromatic amines is 1. The number of guanidine groups is 1. The first-order valence-corrected chi connectivity index (χ1v) is 15.5. The van der Waals surface area contributed by atoms with Crippen molar-refractivity contribution in [1.29, 1.82) is 0 Å². The molecule has 7 nitrogen and oxygen atoms in total. The number of nitrogens with zero attached hydrogens (tertiary/aromatic N) is 1. The lowest BCUT2D eigenvalue weighted by Gasteiger charge is -2.46. The molecule has 7 heteroatoms. The van der Waals surface area contributed by atoms with Gasteiger partial charge < -0.3 is 26.9 Å². The molecule has 2 aliphatic rings. The van der Waals surface area contributed by atoms with E-state index in [0.29, 0.717) is 29.2 Å². The number of carboxylic acids is 1. The normalized spacial score (nSPS) is 22.0. The van der Waals surface area contributed by atoms with Gasteiger partial charge in [-0.25, -0.2) is 9.79 Å². The van der Waals surface area contributed by atoms with E-state index in [2.05, 4.69) is 70.8 Å². The summed E-state index contributed by atoms with van der Waals surface area (Å²) in [4.78, 5) is 19.4. The zero-order valence-corrected chi connectivity index (χ0v) is 24.6. The summed E-state index contributed by atoms with van der Waals surface area (Å²) in [5.74, 6) is 1.32. The van der Waals surface area contributed by atoms with Crippen LogP contribution in [0, 0.1) is 17.8 Å². The molecule has 2 bridgehead atoms. The minimum absolute atomic E-state index is 0.0497. The third kappa shape index (κ3) is 7.07. The summed E-state index contributed by atoms with van der Waals surface area (Å²) in [6, 6.07) is 17.1. The molecule has 5 atom stereocenters. The second-order valence-electron chi connectivity index (χ2n) is 12.0. The maximum absolute atomic E-state index is 11.9. The van der Waals surface area contributed by atoms with Gasteiger partial charge in [0.25, 0.3) is 0 Å². The molecular weight excluding hydrogens is 522 g/mol. The van der Waals surface area contributed by atoms with Crippen molar-refractivity contribution in [2.24, 2.45) is 34.2 Å². The van der Waals surface area contributed by atoms with E-state index in [1.807, 2.05) is 18.3 Å². The van der Waals surface area contributed by atoms with Crippen LogP contribution in [0.4, 0.5) is 5.82 Å². The monoisotopic (exact) mass is 567 g/mol. The standard InChI is InChI=1S/C35H45N5O2/c1-2-3-4-5-6-10-23-14-15-26-18-27-17-24-11-7-8-12-25(24)19-29(27)34(23)30(26)21-31(40-32-13-9-16-38-32)28(20-33(41)42)22-39-35(36)37/h7-9,11-17,19-20,23,26,30-31,34,38,40H,2-6,10,18,21-22H2,1H3,(H,41,42)(H4,36,37,39)/b28-20+/t23-,26+,30-,31+,34-/m0/s1. The van der Waals surface area contributed by atoms with Gasteiger partial charge in [-0.1, -0.05) is 87.6 Å². The molecule has 3 aromatic rings. The number of carbonyl (C=O) groups is 1. The lowest BCUT2D eigenvalue weighted by atomic mass is 9.58. The molecule has 0 amide bonds. The zero-order valence-electron chi connectivity index (χ0n) is 24.6. The molecule has 0 fully saturated rings. The van der Waals surface area contributed by atoms with Gasteiger partial charge in [0, 0.05) is 12.3 Å². The number of rotatable bonds is 14. The van der Waals surface area contributed by atoms with E-state index in [0.717, 1.165) is 18.7 Å². The Kier molecular flexibility index (Phi) is 9.67. The number of hydrogen-bond donors (Lipinski definition) is 5. The van der Waals surface area contributed by atoms with Crippen molar-refractivity contribution in [2.45, 2.75) is 70.3 Å². The first kappa shape index (κ1) is 29.5. The van der Waals surface area contributed by atoms with Crippen LogP contribution < -0.4 is 16.8 Å². The molecule has 7 N–H and O–H groups in total. The van der Waals surface area contributed by atoms with E-state index < -0.39 is 5.97 Å². The first-order valence-electron chi connectivity index (χ1n) is 15.5. The lowest BCUT2D eigenvalue weighted by molar-refractivity contribution is -0.131. The minimum atomic E-state index is -1.00. The van der Waals surface area contributed by atoms with Crippen LogP contribution in [0.5, 0.6) is 0 Å². The molecule has 42 heavy (non-hydrogen) atoms. The highest BCUT2D eigenvalue weighted by atomic mass is 16.4. The van der Waals surface area contributed by atoms with Crippen molar-refractivity contribution in [2.75, 3.05) is 11.9 Å². The maximum Gasteiger partial charge on any atom is 0.328 e. The molecule has 2 aliphatic carbocycles. The lowest BCUT2D eigenvalue weighted by Crippen LogP contribution is -2.40. The molecule has 0 saturated carbocycles. The van der Waals surface area contributed by atoms with E-state index in [4.69, 9.17) is 11.5 Å². The Bertz CT molecular complexity index is 1440. The molecule has 0 spiro atoms. The number of hydrogen-bond acceptors (Lipinski definition) is 3. The van der Waals surface area contributed by atoms with Gasteiger partial charge in [-0.3, -0.25) is 0 Å². The molecule has 2 aromatic carbocycles. The van der Waals surface area contributed by atoms with Crippen LogP contribution in [-0.4, -0.2) is 34.6 Å².